The van der Waals surface area contributed by atoms with Crippen LogP contribution in [0.25, 0.3) is 11.0 Å². The van der Waals surface area contributed by atoms with Gasteiger partial charge in [-0.05, 0) is 18.2 Å². The van der Waals surface area contributed by atoms with E-state index < -0.39 is 5.97 Å². The molecule has 0 saturated heterocycles. The summed E-state index contributed by atoms with van der Waals surface area (Å²) in [5, 5.41) is 8.80. The summed E-state index contributed by atoms with van der Waals surface area (Å²) in [6, 6.07) is 4.76. The third kappa shape index (κ3) is 1.82. The molecule has 1 heterocycles. The maximum atomic E-state index is 10.7. The number of hydrogen-bond donors (Lipinski definition) is 2. The fraction of sp³-hybridized carbons (Fsp3) is 0.200. The number of carboxylic acid groups (broad SMARTS) is 1. The number of nitrogens with one attached hydrogen (secondary N) is 1. The molecule has 0 atom stereocenters. The van der Waals surface area contributed by atoms with Gasteiger partial charge in [-0.1, -0.05) is 0 Å². The van der Waals surface area contributed by atoms with Crippen LogP contribution in [-0.4, -0.2) is 28.2 Å². The van der Waals surface area contributed by atoms with E-state index in [2.05, 4.69) is 9.97 Å². The minimum absolute atomic E-state index is 0.245. The van der Waals surface area contributed by atoms with Gasteiger partial charge in [0, 0.05) is 7.11 Å². The zero-order valence-electron chi connectivity index (χ0n) is 8.15. The number of methoxy groups -OCH3 is 1. The summed E-state index contributed by atoms with van der Waals surface area (Å²) >= 11 is 0. The number of carbonyl (C=O) groups is 1. The Balaban J connectivity index is 2.47. The summed E-state index contributed by atoms with van der Waals surface area (Å²) in [4.78, 5) is 17.9. The Kier molecular flexibility index (Phi) is 2.39. The van der Waals surface area contributed by atoms with E-state index in [1.54, 1.807) is 19.2 Å². The lowest BCUT2D eigenvalue weighted by Crippen LogP contribution is -1.94. The number of ether oxygens (including phenoxy) is 1. The van der Waals surface area contributed by atoms with Gasteiger partial charge in [0.2, 0.25) is 0 Å². The van der Waals surface area contributed by atoms with Crippen molar-refractivity contribution in [1.29, 1.82) is 0 Å². The molecular weight excluding hydrogens is 196 g/mol. The van der Waals surface area contributed by atoms with Crippen LogP contribution in [0.3, 0.4) is 0 Å². The molecule has 0 spiro atoms. The van der Waals surface area contributed by atoms with Gasteiger partial charge in [-0.25, -0.2) is 9.78 Å². The predicted octanol–water partition coefficient (Wildman–Crippen LogP) is 1.41. The second kappa shape index (κ2) is 3.70. The molecule has 2 N–H and O–H groups in total. The molecule has 0 fully saturated rings. The van der Waals surface area contributed by atoms with Crippen molar-refractivity contribution < 1.29 is 14.6 Å². The van der Waals surface area contributed by atoms with Crippen molar-refractivity contribution in [2.75, 3.05) is 7.11 Å². The van der Waals surface area contributed by atoms with Gasteiger partial charge in [0.05, 0.1) is 16.6 Å². The first-order valence-electron chi connectivity index (χ1n) is 4.41. The lowest BCUT2D eigenvalue weighted by molar-refractivity contribution is 0.0697. The molecule has 78 valence electrons. The standard InChI is InChI=1S/C10H10N2O3/c1-15-5-9-11-7-3-2-6(10(13)14)4-8(7)12-9/h2-4H,5H2,1H3,(H,11,12)(H,13,14). The highest BCUT2D eigenvalue weighted by Crippen LogP contribution is 2.14. The number of hydrogen-bond acceptors (Lipinski definition) is 3. The Morgan fingerprint density at radius 1 is 1.60 bits per heavy atom. The molecule has 0 bridgehead atoms. The molecule has 5 heteroatoms. The maximum Gasteiger partial charge on any atom is 0.335 e. The SMILES string of the molecule is COCc1nc2ccc(C(=O)O)cc2[nH]1. The van der Waals surface area contributed by atoms with Gasteiger partial charge in [0.25, 0.3) is 0 Å². The number of aromatic carboxylic acids is 1. The van der Waals surface area contributed by atoms with Gasteiger partial charge >= 0.3 is 5.97 Å². The molecule has 0 radical (unpaired) electrons. The smallest absolute Gasteiger partial charge is 0.335 e. The van der Waals surface area contributed by atoms with E-state index >= 15 is 0 Å². The van der Waals surface area contributed by atoms with Crippen LogP contribution in [-0.2, 0) is 11.3 Å². The van der Waals surface area contributed by atoms with Crippen LogP contribution in [0.1, 0.15) is 16.2 Å². The summed E-state index contributed by atoms with van der Waals surface area (Å²) in [5.41, 5.74) is 1.70. The van der Waals surface area contributed by atoms with Gasteiger partial charge in [-0.15, -0.1) is 0 Å². The molecule has 0 unspecified atom stereocenters. The van der Waals surface area contributed by atoms with E-state index in [0.29, 0.717) is 17.9 Å². The fourth-order valence-electron chi connectivity index (χ4n) is 1.40. The fourth-order valence-corrected chi connectivity index (χ4v) is 1.40. The molecule has 0 aliphatic carbocycles. The minimum atomic E-state index is -0.945. The number of H-pyrrole nitrogens is 1. The summed E-state index contributed by atoms with van der Waals surface area (Å²) in [7, 11) is 1.58. The highest BCUT2D eigenvalue weighted by Gasteiger charge is 2.06. The molecule has 15 heavy (non-hydrogen) atoms. The Morgan fingerprint density at radius 3 is 3.07 bits per heavy atom. The van der Waals surface area contributed by atoms with Crippen LogP contribution in [0.2, 0.25) is 0 Å². The van der Waals surface area contributed by atoms with Crippen molar-refractivity contribution >= 4 is 17.0 Å². The van der Waals surface area contributed by atoms with Crippen LogP contribution >= 0.6 is 0 Å². The van der Waals surface area contributed by atoms with Gasteiger partial charge < -0.3 is 14.8 Å². The average Bonchev–Trinajstić information content (AvgIpc) is 2.59. The van der Waals surface area contributed by atoms with Gasteiger partial charge in [-0.2, -0.15) is 0 Å². The van der Waals surface area contributed by atoms with E-state index in [1.165, 1.54) is 6.07 Å². The minimum Gasteiger partial charge on any atom is -0.478 e. The number of benzene rings is 1. The summed E-state index contributed by atoms with van der Waals surface area (Å²) in [5.74, 6) is -0.255. The van der Waals surface area contributed by atoms with Crippen LogP contribution in [0.5, 0.6) is 0 Å². The summed E-state index contributed by atoms with van der Waals surface area (Å²) in [6.07, 6.45) is 0. The third-order valence-corrected chi connectivity index (χ3v) is 2.06. The Hall–Kier alpha value is -1.88. The zero-order chi connectivity index (χ0) is 10.8. The molecule has 1 aromatic carbocycles. The molecule has 0 aliphatic rings. The van der Waals surface area contributed by atoms with Gasteiger partial charge in [-0.3, -0.25) is 0 Å². The van der Waals surface area contributed by atoms with Crippen molar-refractivity contribution in [1.82, 2.24) is 9.97 Å². The first kappa shape index (κ1) is 9.67. The van der Waals surface area contributed by atoms with Crippen molar-refractivity contribution in [2.45, 2.75) is 6.61 Å². The number of imidazole rings is 1. The normalized spacial score (nSPS) is 10.7. The molecule has 2 aromatic rings. The number of carboxylic acids is 1. The van der Waals surface area contributed by atoms with Crippen molar-refractivity contribution in [2.24, 2.45) is 0 Å². The van der Waals surface area contributed by atoms with Crippen molar-refractivity contribution in [3.05, 3.63) is 29.6 Å². The number of nitrogens with zero attached hydrogens (tertiary/aromatic N) is 1. The summed E-state index contributed by atoms with van der Waals surface area (Å²) in [6.45, 7) is 0.386. The zero-order valence-corrected chi connectivity index (χ0v) is 8.15. The monoisotopic (exact) mass is 206 g/mol. The second-order valence-corrected chi connectivity index (χ2v) is 3.15. The number of aromatic nitrogens is 2. The second-order valence-electron chi connectivity index (χ2n) is 3.15. The lowest BCUT2D eigenvalue weighted by atomic mass is 10.2. The molecule has 1 aromatic heterocycles. The number of fused-ring (bicyclic) bond motifs is 1. The molecular formula is C10H10N2O3. The third-order valence-electron chi connectivity index (χ3n) is 2.06. The molecule has 0 saturated carbocycles. The Labute approximate surface area is 85.7 Å². The summed E-state index contributed by atoms with van der Waals surface area (Å²) < 4.78 is 4.93. The average molecular weight is 206 g/mol. The number of aromatic amines is 1. The van der Waals surface area contributed by atoms with Crippen LogP contribution in [0.15, 0.2) is 18.2 Å². The molecule has 0 amide bonds. The molecule has 0 aliphatic heterocycles. The molecule has 5 nitrogen and oxygen atoms in total. The van der Waals surface area contributed by atoms with E-state index in [-0.39, 0.29) is 5.56 Å². The molecule has 2 rings (SSSR count). The van der Waals surface area contributed by atoms with Gasteiger partial charge in [0.1, 0.15) is 12.4 Å². The Morgan fingerprint density at radius 2 is 2.40 bits per heavy atom. The van der Waals surface area contributed by atoms with E-state index in [9.17, 15) is 4.79 Å². The predicted molar refractivity (Wildman–Crippen MR) is 53.8 cm³/mol. The van der Waals surface area contributed by atoms with E-state index in [4.69, 9.17) is 9.84 Å². The lowest BCUT2D eigenvalue weighted by Gasteiger charge is -1.92. The van der Waals surface area contributed by atoms with Crippen LogP contribution < -0.4 is 0 Å². The highest BCUT2D eigenvalue weighted by molar-refractivity contribution is 5.92. The highest BCUT2D eigenvalue weighted by atomic mass is 16.5. The van der Waals surface area contributed by atoms with Gasteiger partial charge in [0.15, 0.2) is 0 Å². The topological polar surface area (TPSA) is 75.2 Å². The van der Waals surface area contributed by atoms with E-state index in [0.717, 1.165) is 5.52 Å². The quantitative estimate of drug-likeness (QED) is 0.796. The van der Waals surface area contributed by atoms with Crippen molar-refractivity contribution in [3.63, 3.8) is 0 Å². The van der Waals surface area contributed by atoms with Crippen molar-refractivity contribution in [3.8, 4) is 0 Å². The maximum absolute atomic E-state index is 10.7. The van der Waals surface area contributed by atoms with E-state index in [1.807, 2.05) is 0 Å². The number of rotatable bonds is 3. The van der Waals surface area contributed by atoms with Crippen LogP contribution in [0, 0.1) is 0 Å². The first-order chi connectivity index (χ1) is 7.20. The largest absolute Gasteiger partial charge is 0.478 e. The first-order valence-corrected chi connectivity index (χ1v) is 4.41. The Bertz CT molecular complexity index is 504. The van der Waals surface area contributed by atoms with Crippen LogP contribution in [0.4, 0.5) is 0 Å².